The van der Waals surface area contributed by atoms with E-state index in [1.54, 1.807) is 0 Å². The van der Waals surface area contributed by atoms with Crippen molar-refractivity contribution in [3.63, 3.8) is 0 Å². The minimum Gasteiger partial charge on any atom is -0.363 e. The summed E-state index contributed by atoms with van der Waals surface area (Å²) in [6.07, 6.45) is -0.210. The Balaban J connectivity index is 2.13. The molecule has 4 heteroatoms. The van der Waals surface area contributed by atoms with Crippen molar-refractivity contribution in [1.29, 1.82) is 0 Å². The third kappa shape index (κ3) is 1.18. The first-order valence-electron chi connectivity index (χ1n) is 2.44. The van der Waals surface area contributed by atoms with E-state index in [1.165, 1.54) is 0 Å². The van der Waals surface area contributed by atoms with E-state index in [0.717, 1.165) is 0 Å². The summed E-state index contributed by atoms with van der Waals surface area (Å²) >= 11 is 0. The largest absolute Gasteiger partial charge is 0.363 e. The van der Waals surface area contributed by atoms with Crippen LogP contribution in [0.5, 0.6) is 0 Å². The van der Waals surface area contributed by atoms with E-state index in [0.29, 0.717) is 6.61 Å². The van der Waals surface area contributed by atoms with Gasteiger partial charge in [0, 0.05) is 0 Å². The quantitative estimate of drug-likeness (QED) is 0.338. The second-order valence-electron chi connectivity index (χ2n) is 1.57. The van der Waals surface area contributed by atoms with Crippen molar-refractivity contribution in [2.75, 3.05) is 13.3 Å². The molecule has 1 atom stereocenters. The van der Waals surface area contributed by atoms with Gasteiger partial charge >= 0.3 is 0 Å². The zero-order valence-electron chi connectivity index (χ0n) is 4.39. The van der Waals surface area contributed by atoms with Gasteiger partial charge in [0.05, 0.1) is 13.3 Å². The molecular formula is C4H8N2O2. The molecule has 0 aromatic rings. The van der Waals surface area contributed by atoms with E-state index < -0.39 is 0 Å². The predicted molar refractivity (Wildman–Crippen MR) is 26.9 cm³/mol. The molecule has 4 nitrogen and oxygen atoms in total. The topological polar surface area (TPSA) is 67.6 Å². The van der Waals surface area contributed by atoms with Crippen molar-refractivity contribution in [2.24, 2.45) is 5.73 Å². The summed E-state index contributed by atoms with van der Waals surface area (Å²) in [5.41, 5.74) is 5.01. The van der Waals surface area contributed by atoms with E-state index in [-0.39, 0.29) is 18.7 Å². The second-order valence-corrected chi connectivity index (χ2v) is 1.57. The fraction of sp³-hybridized carbons (Fsp3) is 0.750. The fourth-order valence-corrected chi connectivity index (χ4v) is 0.414. The van der Waals surface area contributed by atoms with Crippen molar-refractivity contribution in [2.45, 2.75) is 6.10 Å². The molecule has 3 N–H and O–H groups in total. The highest BCUT2D eigenvalue weighted by atomic mass is 16.6. The van der Waals surface area contributed by atoms with E-state index >= 15 is 0 Å². The zero-order valence-corrected chi connectivity index (χ0v) is 4.39. The Hall–Kier alpha value is -0.610. The number of nitrogens with two attached hydrogens (primary N) is 1. The lowest BCUT2D eigenvalue weighted by molar-refractivity contribution is -0.122. The lowest BCUT2D eigenvalue weighted by atomic mass is 10.4. The molecule has 1 saturated heterocycles. The van der Waals surface area contributed by atoms with Gasteiger partial charge in [-0.15, -0.1) is 0 Å². The van der Waals surface area contributed by atoms with Crippen LogP contribution >= 0.6 is 0 Å². The fourth-order valence-electron chi connectivity index (χ4n) is 0.414. The average Bonchev–Trinajstić information content (AvgIpc) is 2.45. The zero-order chi connectivity index (χ0) is 5.98. The summed E-state index contributed by atoms with van der Waals surface area (Å²) in [5, 5.41) is 2.42. The maximum Gasteiger partial charge on any atom is 0.252 e. The number of nitrogens with one attached hydrogen (secondary N) is 1. The van der Waals surface area contributed by atoms with Crippen LogP contribution in [-0.4, -0.2) is 25.3 Å². The summed E-state index contributed by atoms with van der Waals surface area (Å²) < 4.78 is 4.66. The first kappa shape index (κ1) is 5.53. The lowest BCUT2D eigenvalue weighted by Crippen LogP contribution is -2.32. The number of amides is 1. The molecule has 1 heterocycles. The minimum atomic E-state index is -0.210. The molecule has 1 aliphatic rings. The van der Waals surface area contributed by atoms with Gasteiger partial charge in [0.15, 0.2) is 6.10 Å². The summed E-state index contributed by atoms with van der Waals surface area (Å²) in [6.45, 7) is 0.741. The standard InChI is InChI=1S/C4H8N2O2/c5-2-6-4(7)3-1-8-3/h3H,1-2,5H2,(H,6,7). The first-order chi connectivity index (χ1) is 3.84. The van der Waals surface area contributed by atoms with Crippen LogP contribution in [-0.2, 0) is 9.53 Å². The number of ether oxygens (including phenoxy) is 1. The van der Waals surface area contributed by atoms with Gasteiger partial charge in [-0.1, -0.05) is 0 Å². The predicted octanol–water partition coefficient (Wildman–Crippen LogP) is -1.58. The monoisotopic (exact) mass is 116 g/mol. The number of rotatable bonds is 2. The molecule has 1 amide bonds. The highest BCUT2D eigenvalue weighted by Crippen LogP contribution is 2.06. The number of carbonyl (C=O) groups is 1. The van der Waals surface area contributed by atoms with Gasteiger partial charge in [-0.05, 0) is 0 Å². The van der Waals surface area contributed by atoms with Crippen LogP contribution < -0.4 is 11.1 Å². The molecule has 1 fully saturated rings. The molecule has 0 spiro atoms. The summed E-state index contributed by atoms with van der Waals surface area (Å²) in [7, 11) is 0. The Morgan fingerprint density at radius 1 is 2.00 bits per heavy atom. The van der Waals surface area contributed by atoms with E-state index in [1.807, 2.05) is 0 Å². The molecule has 0 radical (unpaired) electrons. The maximum absolute atomic E-state index is 10.5. The maximum atomic E-state index is 10.5. The molecule has 8 heavy (non-hydrogen) atoms. The summed E-state index contributed by atoms with van der Waals surface area (Å²) in [6, 6.07) is 0. The van der Waals surface area contributed by atoms with Gasteiger partial charge in [0.1, 0.15) is 0 Å². The minimum absolute atomic E-state index is 0.104. The Morgan fingerprint density at radius 2 is 2.62 bits per heavy atom. The summed E-state index contributed by atoms with van der Waals surface area (Å²) in [5.74, 6) is -0.104. The summed E-state index contributed by atoms with van der Waals surface area (Å²) in [4.78, 5) is 10.5. The SMILES string of the molecule is NCNC(=O)C1CO1. The van der Waals surface area contributed by atoms with Gasteiger partial charge in [-0.25, -0.2) is 0 Å². The molecule has 1 aliphatic heterocycles. The molecule has 46 valence electrons. The van der Waals surface area contributed by atoms with Gasteiger partial charge in [-0.3, -0.25) is 4.79 Å². The van der Waals surface area contributed by atoms with Crippen LogP contribution in [0.1, 0.15) is 0 Å². The molecule has 0 aromatic carbocycles. The molecule has 0 bridgehead atoms. The third-order valence-corrected chi connectivity index (χ3v) is 0.902. The lowest BCUT2D eigenvalue weighted by Gasteiger charge is -1.93. The molecule has 0 aromatic heterocycles. The first-order valence-corrected chi connectivity index (χ1v) is 2.44. The Morgan fingerprint density at radius 3 is 3.00 bits per heavy atom. The number of carbonyl (C=O) groups excluding carboxylic acids is 1. The highest BCUT2D eigenvalue weighted by Gasteiger charge is 2.30. The van der Waals surface area contributed by atoms with Gasteiger partial charge in [-0.2, -0.15) is 0 Å². The van der Waals surface area contributed by atoms with Crippen molar-refractivity contribution < 1.29 is 9.53 Å². The number of epoxide rings is 1. The van der Waals surface area contributed by atoms with Crippen LogP contribution in [0.15, 0.2) is 0 Å². The van der Waals surface area contributed by atoms with E-state index in [4.69, 9.17) is 5.73 Å². The number of hydrogen-bond acceptors (Lipinski definition) is 3. The van der Waals surface area contributed by atoms with Crippen molar-refractivity contribution >= 4 is 5.91 Å². The van der Waals surface area contributed by atoms with Crippen LogP contribution in [0.4, 0.5) is 0 Å². The Kier molecular flexibility index (Phi) is 1.45. The third-order valence-electron chi connectivity index (χ3n) is 0.902. The molecule has 1 rings (SSSR count). The second kappa shape index (κ2) is 2.11. The van der Waals surface area contributed by atoms with Gasteiger partial charge < -0.3 is 15.8 Å². The molecule has 0 saturated carbocycles. The normalized spacial score (nSPS) is 24.9. The van der Waals surface area contributed by atoms with Crippen LogP contribution in [0, 0.1) is 0 Å². The van der Waals surface area contributed by atoms with Crippen molar-refractivity contribution in [3.05, 3.63) is 0 Å². The molecular weight excluding hydrogens is 108 g/mol. The highest BCUT2D eigenvalue weighted by molar-refractivity contribution is 5.82. The smallest absolute Gasteiger partial charge is 0.252 e. The van der Waals surface area contributed by atoms with Crippen molar-refractivity contribution in [3.8, 4) is 0 Å². The average molecular weight is 116 g/mol. The van der Waals surface area contributed by atoms with Gasteiger partial charge in [0.25, 0.3) is 5.91 Å². The van der Waals surface area contributed by atoms with Gasteiger partial charge in [0.2, 0.25) is 0 Å². The molecule has 1 unspecified atom stereocenters. The number of hydrogen-bond donors (Lipinski definition) is 2. The molecule has 0 aliphatic carbocycles. The van der Waals surface area contributed by atoms with E-state index in [2.05, 4.69) is 10.1 Å². The Labute approximate surface area is 47.0 Å². The van der Waals surface area contributed by atoms with Crippen LogP contribution in [0.2, 0.25) is 0 Å². The van der Waals surface area contributed by atoms with Crippen LogP contribution in [0.25, 0.3) is 0 Å². The van der Waals surface area contributed by atoms with Crippen LogP contribution in [0.3, 0.4) is 0 Å². The van der Waals surface area contributed by atoms with E-state index in [9.17, 15) is 4.79 Å². The van der Waals surface area contributed by atoms with Crippen molar-refractivity contribution in [1.82, 2.24) is 5.32 Å². The Bertz CT molecular complexity index is 100.